The predicted molar refractivity (Wildman–Crippen MR) is 482 cm³/mol. The van der Waals surface area contributed by atoms with Gasteiger partial charge in [0.25, 0.3) is 29.5 Å². The second-order valence-electron chi connectivity index (χ2n) is 28.7. The van der Waals surface area contributed by atoms with Crippen LogP contribution in [0.15, 0.2) is 157 Å². The third kappa shape index (κ3) is 42.8. The van der Waals surface area contributed by atoms with Crippen molar-refractivity contribution in [1.82, 2.24) is 45.3 Å². The van der Waals surface area contributed by atoms with Crippen LogP contribution in [0.5, 0.6) is 0 Å². The number of nitrogens with one attached hydrogen (secondary N) is 5. The lowest BCUT2D eigenvalue weighted by molar-refractivity contribution is -0.143. The van der Waals surface area contributed by atoms with Gasteiger partial charge in [0.05, 0.1) is 47.4 Å². The van der Waals surface area contributed by atoms with Crippen LogP contribution in [0.1, 0.15) is 211 Å². The minimum absolute atomic E-state index is 0.0228. The Balaban J connectivity index is 0.000000410. The van der Waals surface area contributed by atoms with Gasteiger partial charge in [-0.15, -0.1) is 0 Å². The van der Waals surface area contributed by atoms with Crippen molar-refractivity contribution in [3.05, 3.63) is 218 Å². The number of nitriles is 1. The molecule has 5 atom stereocenters. The van der Waals surface area contributed by atoms with Gasteiger partial charge in [-0.25, -0.2) is 36.7 Å². The van der Waals surface area contributed by atoms with Crippen LogP contribution >= 0.6 is 0 Å². The molecule has 0 saturated carbocycles. The van der Waals surface area contributed by atoms with E-state index in [1.165, 1.54) is 73.9 Å². The van der Waals surface area contributed by atoms with Crippen molar-refractivity contribution in [2.45, 2.75) is 168 Å². The average Bonchev–Trinajstić information content (AvgIpc) is 1.68. The quantitative estimate of drug-likeness (QED) is 0.0114. The Bertz CT molecular complexity index is 5230. The van der Waals surface area contributed by atoms with Crippen LogP contribution in [-0.2, 0) is 73.8 Å². The smallest absolute Gasteiger partial charge is 0.328 e. The topological polar surface area (TPSA) is 401 Å². The Labute approximate surface area is 745 Å². The molecule has 0 bridgehead atoms. The number of allylic oxidation sites excluding steroid dienone is 1. The van der Waals surface area contributed by atoms with E-state index in [0.717, 1.165) is 74.7 Å². The first-order valence-corrected chi connectivity index (χ1v) is 42.7. The number of carbonyl (C=O) groups is 12. The molecule has 1 aliphatic rings. The maximum Gasteiger partial charge on any atom is 0.328 e. The maximum absolute atomic E-state index is 12.2. The molecular weight excluding hydrogens is 1650 g/mol. The van der Waals surface area contributed by atoms with E-state index >= 15 is 0 Å². The standard InChI is InChI=1S/C21H22N2O4.C21H26N2O4.C19H24N2O4.C18H24N2O5S.C17H20N2O3/c1-16(21(26)27-2)22-20(25)18-11-8-10-17(15-18)9-4-3-6-13-23-14-7-5-12-19(23)24;1-16(21(26)27-2)22-20(25)18-11-8-10-17(15-18)9-4-3-5-12-19(24)23-13-6-7-14-23;1-14(19(24)25-4)20-18(23)17-11-8-10-16(13-17)9-6-5-7-12-21(3)15(2)22;1-14(18(22)25-4)19-17(21)16-11-8-10-15(13-16)9-6-5-7-12-26(23,24)20(2)3;1-13(17(21)22-2)19-16(20)15-10-7-9-14(12-15)8-5-3-4-6-11-18/h5,7-8,10-12,14-16H,3,6,13H2,1-2H3,(H,22,25);8,10-11,15-16H,3,5-7,12-14H2,1-2H3,(H,22,25);8,10-11,13-14H,5,7,12H2,1-4H3,(H,20,23);8,10-11,13-14H,5,7,12H2,1-4H3,(H,19,21);5,7-10,12-13H,3-4,6H2,1-2H3,(H,19,20)/b;;;;8-5-/t2*16-;2*14-;13-/m11111/s1. The predicted octanol–water partition coefficient (Wildman–Crippen LogP) is 9.37. The molecule has 30 nitrogen and oxygen atoms in total. The number of methoxy groups -OCH3 is 5. The van der Waals surface area contributed by atoms with Gasteiger partial charge in [0.1, 0.15) is 30.2 Å². The number of esters is 5. The third-order valence-corrected chi connectivity index (χ3v) is 20.3. The maximum atomic E-state index is 12.2. The third-order valence-electron chi connectivity index (χ3n) is 18.4. The molecule has 0 radical (unpaired) electrons. The van der Waals surface area contributed by atoms with E-state index in [-0.39, 0.29) is 46.8 Å². The number of aromatic nitrogens is 1. The summed E-state index contributed by atoms with van der Waals surface area (Å²) in [7, 11) is 7.91. The Hall–Kier alpha value is -13.9. The van der Waals surface area contributed by atoms with Crippen molar-refractivity contribution in [1.29, 1.82) is 5.26 Å². The first-order valence-electron chi connectivity index (χ1n) is 41.1. The number of likely N-dealkylation sites (tertiary alicyclic amines) is 1. The highest BCUT2D eigenvalue weighted by Gasteiger charge is 2.23. The van der Waals surface area contributed by atoms with Crippen LogP contribution < -0.4 is 32.1 Å². The van der Waals surface area contributed by atoms with Gasteiger partial charge in [-0.05, 0) is 183 Å². The molecule has 1 saturated heterocycles. The van der Waals surface area contributed by atoms with Crippen LogP contribution in [-0.4, -0.2) is 211 Å². The zero-order chi connectivity index (χ0) is 94.2. The summed E-state index contributed by atoms with van der Waals surface area (Å²) in [5.74, 6) is 20.0. The highest BCUT2D eigenvalue weighted by molar-refractivity contribution is 7.89. The molecule has 1 aliphatic heterocycles. The van der Waals surface area contributed by atoms with Gasteiger partial charge in [0.2, 0.25) is 27.4 Å². The normalized spacial score (nSPS) is 12.0. The number of unbranched alkanes of at least 4 members (excludes halogenated alkanes) is 6. The molecule has 6 aromatic rings. The second kappa shape index (κ2) is 59.8. The monoisotopic (exact) mass is 1760 g/mol. The molecule has 0 spiro atoms. The van der Waals surface area contributed by atoms with Crippen LogP contribution in [0, 0.1) is 58.7 Å². The summed E-state index contributed by atoms with van der Waals surface area (Å²) in [4.78, 5) is 156. The van der Waals surface area contributed by atoms with Crippen molar-refractivity contribution in [2.75, 3.05) is 82.1 Å². The van der Waals surface area contributed by atoms with Crippen molar-refractivity contribution < 1.29 is 89.6 Å². The summed E-state index contributed by atoms with van der Waals surface area (Å²) in [6, 6.07) is 38.1. The van der Waals surface area contributed by atoms with E-state index in [1.807, 2.05) is 47.4 Å². The van der Waals surface area contributed by atoms with Crippen LogP contribution in [0.2, 0.25) is 0 Å². The average molecular weight is 1760 g/mol. The number of ether oxygens (including phenoxy) is 5. The Morgan fingerprint density at radius 2 is 0.811 bits per heavy atom. The molecular formula is C96H116N10O20S. The van der Waals surface area contributed by atoms with E-state index in [1.54, 1.807) is 154 Å². The minimum Gasteiger partial charge on any atom is -0.467 e. The van der Waals surface area contributed by atoms with Gasteiger partial charge in [-0.3, -0.25) is 38.4 Å². The number of carbonyl (C=O) groups excluding carboxylic acids is 12. The van der Waals surface area contributed by atoms with E-state index in [2.05, 4.69) is 104 Å². The Morgan fingerprint density at radius 3 is 1.17 bits per heavy atom. The lowest BCUT2D eigenvalue weighted by atomic mass is 10.1. The van der Waals surface area contributed by atoms with Crippen LogP contribution in [0.25, 0.3) is 6.08 Å². The van der Waals surface area contributed by atoms with Crippen LogP contribution in [0.4, 0.5) is 0 Å². The molecule has 7 rings (SSSR count). The molecule has 5 aromatic carbocycles. The second-order valence-corrected chi connectivity index (χ2v) is 31.0. The minimum atomic E-state index is -3.21. The fourth-order valence-electron chi connectivity index (χ4n) is 11.0. The van der Waals surface area contributed by atoms with Crippen molar-refractivity contribution >= 4 is 87.3 Å². The van der Waals surface area contributed by atoms with Crippen molar-refractivity contribution in [3.63, 3.8) is 0 Å². The molecule has 0 unspecified atom stereocenters. The van der Waals surface area contributed by atoms with Gasteiger partial charge >= 0.3 is 29.8 Å². The number of aryl methyl sites for hydroxylation is 1. The largest absolute Gasteiger partial charge is 0.467 e. The fraction of sp³-hybridized carbons (Fsp3) is 0.396. The molecule has 2 heterocycles. The number of nitrogens with zero attached hydrogens (tertiary/aromatic N) is 5. The molecule has 0 aliphatic carbocycles. The zero-order valence-electron chi connectivity index (χ0n) is 74.6. The Kier molecular flexibility index (Phi) is 50.5. The van der Waals surface area contributed by atoms with E-state index in [4.69, 9.17) is 5.26 Å². The number of sulfonamides is 1. The number of rotatable bonds is 32. The molecule has 7 amide bonds. The van der Waals surface area contributed by atoms with Crippen molar-refractivity contribution in [3.8, 4) is 53.4 Å². The summed E-state index contributed by atoms with van der Waals surface area (Å²) in [6.07, 6.45) is 15.7. The van der Waals surface area contributed by atoms with Gasteiger partial charge in [-0.2, -0.15) is 5.26 Å². The lowest BCUT2D eigenvalue weighted by Gasteiger charge is -2.14. The van der Waals surface area contributed by atoms with Gasteiger partial charge in [-0.1, -0.05) is 102 Å². The molecule has 5 N–H and O–H groups in total. The van der Waals surface area contributed by atoms with Crippen LogP contribution in [0.3, 0.4) is 0 Å². The number of hydrogen-bond acceptors (Lipinski definition) is 21. The van der Waals surface area contributed by atoms with E-state index in [0.29, 0.717) is 97.0 Å². The first-order chi connectivity index (χ1) is 60.6. The summed E-state index contributed by atoms with van der Waals surface area (Å²) >= 11 is 0. The zero-order valence-corrected chi connectivity index (χ0v) is 75.5. The van der Waals surface area contributed by atoms with Gasteiger partial charge in [0.15, 0.2) is 0 Å². The summed E-state index contributed by atoms with van der Waals surface area (Å²) in [5.41, 5.74) is 5.81. The number of hydrogen-bond donors (Lipinski definition) is 5. The number of amides is 7. The highest BCUT2D eigenvalue weighted by atomic mass is 32.2. The Morgan fingerprint density at radius 1 is 0.457 bits per heavy atom. The first kappa shape index (κ1) is 107. The lowest BCUT2D eigenvalue weighted by Crippen LogP contribution is -2.39. The van der Waals surface area contributed by atoms with Gasteiger partial charge in [0, 0.05) is 155 Å². The van der Waals surface area contributed by atoms with Gasteiger partial charge < -0.3 is 64.6 Å². The van der Waals surface area contributed by atoms with E-state index in [9.17, 15) is 70.7 Å². The van der Waals surface area contributed by atoms with E-state index < -0.39 is 76.0 Å². The molecule has 1 fully saturated rings. The summed E-state index contributed by atoms with van der Waals surface area (Å²) in [5, 5.41) is 21.3. The highest BCUT2D eigenvalue weighted by Crippen LogP contribution is 2.15. The SMILES string of the molecule is COC(=O)[C@@H](C)NC(=O)c1cccc(/C=C\CCCC#N)c1.COC(=O)[C@@H](C)NC(=O)c1cccc(C#CCCCC(=O)N2CCCC2)c1.COC(=O)[C@@H](C)NC(=O)c1cccc(C#CCCCN(C)C(C)=O)c1.COC(=O)[C@@H](C)NC(=O)c1cccc(C#CCCCS(=O)(=O)N(C)C)c1.COC(=O)[C@@H](C)NC(=O)c1cccc(C#CCCCn2ccccc2=O)c1. The fourth-order valence-corrected chi connectivity index (χ4v) is 11.9. The molecule has 127 heavy (non-hydrogen) atoms. The number of benzene rings is 5. The van der Waals surface area contributed by atoms with Crippen molar-refractivity contribution in [2.24, 2.45) is 0 Å². The molecule has 676 valence electrons. The summed E-state index contributed by atoms with van der Waals surface area (Å²) < 4.78 is 49.0. The molecule has 1 aromatic heterocycles. The molecule has 31 heteroatoms. The number of pyridine rings is 1. The summed E-state index contributed by atoms with van der Waals surface area (Å²) in [6.45, 7) is 12.4.